The van der Waals surface area contributed by atoms with Gasteiger partial charge in [0.1, 0.15) is 17.5 Å². The van der Waals surface area contributed by atoms with E-state index in [9.17, 15) is 14.4 Å². The number of amides is 3. The summed E-state index contributed by atoms with van der Waals surface area (Å²) < 4.78 is 5.97. The Morgan fingerprint density at radius 2 is 1.74 bits per heavy atom. The van der Waals surface area contributed by atoms with Crippen LogP contribution in [0.2, 0.25) is 0 Å². The van der Waals surface area contributed by atoms with Crippen LogP contribution in [0.15, 0.2) is 54.6 Å². The van der Waals surface area contributed by atoms with Gasteiger partial charge in [-0.3, -0.25) is 14.4 Å². The predicted octanol–water partition coefficient (Wildman–Crippen LogP) is 5.30. The first-order valence-corrected chi connectivity index (χ1v) is 13.9. The normalized spacial score (nSPS) is 17.4. The Morgan fingerprint density at radius 1 is 1.00 bits per heavy atom. The summed E-state index contributed by atoms with van der Waals surface area (Å²) >= 11 is 0. The third kappa shape index (κ3) is 8.33. The molecule has 1 unspecified atom stereocenters. The molecule has 0 radical (unpaired) electrons. The molecule has 2 N–H and O–H groups in total. The summed E-state index contributed by atoms with van der Waals surface area (Å²) in [7, 11) is 1.61. The monoisotopic (exact) mass is 521 g/mol. The van der Waals surface area contributed by atoms with Crippen molar-refractivity contribution < 1.29 is 19.1 Å². The van der Waals surface area contributed by atoms with Crippen molar-refractivity contribution in [1.29, 1.82) is 0 Å². The van der Waals surface area contributed by atoms with E-state index in [-0.39, 0.29) is 23.6 Å². The molecule has 3 amide bonds. The number of likely N-dealkylation sites (tertiary alicyclic amines) is 1. The van der Waals surface area contributed by atoms with Crippen molar-refractivity contribution in [3.05, 3.63) is 60.2 Å². The minimum absolute atomic E-state index is 0.0690. The minimum atomic E-state index is -0.588. The van der Waals surface area contributed by atoms with E-state index in [4.69, 9.17) is 4.74 Å². The first-order valence-electron chi connectivity index (χ1n) is 13.9. The summed E-state index contributed by atoms with van der Waals surface area (Å²) in [6.07, 6.45) is 4.38. The van der Waals surface area contributed by atoms with Gasteiger partial charge in [0.25, 0.3) is 0 Å². The topological polar surface area (TPSA) is 87.7 Å². The Bertz CT molecular complexity index is 1060. The molecule has 0 saturated carbocycles. The Hall–Kier alpha value is -3.35. The van der Waals surface area contributed by atoms with E-state index in [1.807, 2.05) is 66.4 Å². The molecule has 2 aromatic rings. The van der Waals surface area contributed by atoms with Gasteiger partial charge in [-0.2, -0.15) is 0 Å². The van der Waals surface area contributed by atoms with Crippen molar-refractivity contribution in [2.45, 2.75) is 71.9 Å². The van der Waals surface area contributed by atoms with Gasteiger partial charge in [-0.15, -0.1) is 0 Å². The highest BCUT2D eigenvalue weighted by atomic mass is 16.5. The van der Waals surface area contributed by atoms with E-state index in [0.717, 1.165) is 30.6 Å². The fourth-order valence-electron chi connectivity index (χ4n) is 5.20. The maximum Gasteiger partial charge on any atom is 0.245 e. The smallest absolute Gasteiger partial charge is 0.245 e. The zero-order valence-electron chi connectivity index (χ0n) is 23.2. The van der Waals surface area contributed by atoms with Crippen LogP contribution < -0.4 is 15.4 Å². The minimum Gasteiger partial charge on any atom is -0.457 e. The molecular formula is C31H43N3O4. The van der Waals surface area contributed by atoms with E-state index in [2.05, 4.69) is 24.5 Å². The lowest BCUT2D eigenvalue weighted by Crippen LogP contribution is -2.51. The molecule has 0 bridgehead atoms. The van der Waals surface area contributed by atoms with Gasteiger partial charge in [0, 0.05) is 32.0 Å². The van der Waals surface area contributed by atoms with Crippen molar-refractivity contribution in [3.8, 4) is 11.5 Å². The standard InChI is InChI=1S/C31H43N3O4/c1-5-12-26(29(35)32-4)27(19-22(2)3)30(36)33-28-17-9-10-18-34(31(28)37)21-23-13-11-16-25(20-23)38-24-14-7-6-8-15-24/h6-8,11,13-16,20,22,26-28H,5,9-10,12,17-19,21H2,1-4H3,(H,32,35)(H,33,36)/t26-,27?,28-/m0/s1. The van der Waals surface area contributed by atoms with E-state index < -0.39 is 17.9 Å². The Labute approximate surface area is 227 Å². The van der Waals surface area contributed by atoms with Crippen molar-refractivity contribution in [2.75, 3.05) is 13.6 Å². The van der Waals surface area contributed by atoms with Gasteiger partial charge in [-0.1, -0.05) is 57.5 Å². The average molecular weight is 522 g/mol. The number of rotatable bonds is 12. The third-order valence-corrected chi connectivity index (χ3v) is 7.08. The molecule has 0 spiro atoms. The number of para-hydroxylation sites is 1. The van der Waals surface area contributed by atoms with Crippen molar-refractivity contribution in [2.24, 2.45) is 17.8 Å². The van der Waals surface area contributed by atoms with Gasteiger partial charge in [-0.25, -0.2) is 0 Å². The summed E-state index contributed by atoms with van der Waals surface area (Å²) in [6, 6.07) is 16.8. The van der Waals surface area contributed by atoms with Crippen molar-refractivity contribution in [3.63, 3.8) is 0 Å². The summed E-state index contributed by atoms with van der Waals surface area (Å²) in [5.74, 6) is 0.476. The second-order valence-electron chi connectivity index (χ2n) is 10.6. The number of carbonyl (C=O) groups excluding carboxylic acids is 3. The van der Waals surface area contributed by atoms with Gasteiger partial charge >= 0.3 is 0 Å². The number of carbonyl (C=O) groups is 3. The molecule has 3 atom stereocenters. The van der Waals surface area contributed by atoms with E-state index in [1.165, 1.54) is 0 Å². The Kier molecular flexibility index (Phi) is 11.2. The van der Waals surface area contributed by atoms with Gasteiger partial charge in [0.2, 0.25) is 17.7 Å². The molecular weight excluding hydrogens is 478 g/mol. The zero-order chi connectivity index (χ0) is 27.5. The highest BCUT2D eigenvalue weighted by Gasteiger charge is 2.36. The number of hydrogen-bond donors (Lipinski definition) is 2. The molecule has 1 heterocycles. The van der Waals surface area contributed by atoms with Crippen LogP contribution in [0.4, 0.5) is 0 Å². The summed E-state index contributed by atoms with van der Waals surface area (Å²) in [6.45, 7) is 7.22. The predicted molar refractivity (Wildman–Crippen MR) is 150 cm³/mol. The second-order valence-corrected chi connectivity index (χ2v) is 10.6. The molecule has 7 heteroatoms. The summed E-state index contributed by atoms with van der Waals surface area (Å²) in [4.78, 5) is 41.6. The SMILES string of the molecule is CCC[C@H](C(=O)NC)C(CC(C)C)C(=O)N[C@H]1CCCCN(Cc2cccc(Oc3ccccc3)c2)C1=O. The van der Waals surface area contributed by atoms with Crippen LogP contribution in [0.1, 0.15) is 64.9 Å². The van der Waals surface area contributed by atoms with Crippen LogP contribution in [-0.2, 0) is 20.9 Å². The van der Waals surface area contributed by atoms with Crippen LogP contribution in [0, 0.1) is 17.8 Å². The summed E-state index contributed by atoms with van der Waals surface area (Å²) in [5, 5.41) is 5.79. The number of ether oxygens (including phenoxy) is 1. The lowest BCUT2D eigenvalue weighted by molar-refractivity contribution is -0.140. The molecule has 3 rings (SSSR count). The number of nitrogens with one attached hydrogen (secondary N) is 2. The largest absolute Gasteiger partial charge is 0.457 e. The second kappa shape index (κ2) is 14.6. The Balaban J connectivity index is 1.72. The van der Waals surface area contributed by atoms with Gasteiger partial charge in [0.05, 0.1) is 0 Å². The number of benzene rings is 2. The molecule has 0 aliphatic carbocycles. The van der Waals surface area contributed by atoms with Crippen LogP contribution in [-0.4, -0.2) is 42.3 Å². The molecule has 206 valence electrons. The maximum atomic E-state index is 13.6. The molecule has 1 aliphatic rings. The molecule has 1 saturated heterocycles. The van der Waals surface area contributed by atoms with E-state index in [0.29, 0.717) is 38.1 Å². The Morgan fingerprint density at radius 3 is 2.42 bits per heavy atom. The zero-order valence-corrected chi connectivity index (χ0v) is 23.2. The first kappa shape index (κ1) is 29.2. The molecule has 0 aromatic heterocycles. The maximum absolute atomic E-state index is 13.6. The van der Waals surface area contributed by atoms with Crippen molar-refractivity contribution >= 4 is 17.7 Å². The molecule has 7 nitrogen and oxygen atoms in total. The van der Waals surface area contributed by atoms with Crippen LogP contribution >= 0.6 is 0 Å². The fourth-order valence-corrected chi connectivity index (χ4v) is 5.20. The molecule has 1 aliphatic heterocycles. The molecule has 2 aromatic carbocycles. The van der Waals surface area contributed by atoms with Crippen LogP contribution in [0.25, 0.3) is 0 Å². The van der Waals surface area contributed by atoms with E-state index in [1.54, 1.807) is 7.05 Å². The van der Waals surface area contributed by atoms with Gasteiger partial charge < -0.3 is 20.3 Å². The number of nitrogens with zero attached hydrogens (tertiary/aromatic N) is 1. The lowest BCUT2D eigenvalue weighted by Gasteiger charge is -2.29. The number of hydrogen-bond acceptors (Lipinski definition) is 4. The van der Waals surface area contributed by atoms with Crippen molar-refractivity contribution in [1.82, 2.24) is 15.5 Å². The highest BCUT2D eigenvalue weighted by Crippen LogP contribution is 2.27. The lowest BCUT2D eigenvalue weighted by atomic mass is 9.81. The first-order chi connectivity index (χ1) is 18.3. The average Bonchev–Trinajstić information content (AvgIpc) is 3.07. The highest BCUT2D eigenvalue weighted by molar-refractivity contribution is 5.91. The van der Waals surface area contributed by atoms with E-state index >= 15 is 0 Å². The van der Waals surface area contributed by atoms with Gasteiger partial charge in [-0.05, 0) is 67.9 Å². The third-order valence-electron chi connectivity index (χ3n) is 7.08. The molecule has 38 heavy (non-hydrogen) atoms. The van der Waals surface area contributed by atoms with Gasteiger partial charge in [0.15, 0.2) is 0 Å². The quantitative estimate of drug-likeness (QED) is 0.397. The van der Waals surface area contributed by atoms with Crippen LogP contribution in [0.5, 0.6) is 11.5 Å². The fraction of sp³-hybridized carbons (Fsp3) is 0.516. The summed E-state index contributed by atoms with van der Waals surface area (Å²) in [5.41, 5.74) is 0.971. The molecule has 1 fully saturated rings. The van der Waals surface area contributed by atoms with Crippen LogP contribution in [0.3, 0.4) is 0 Å².